The molecule has 0 bridgehead atoms. The molecule has 0 radical (unpaired) electrons. The lowest BCUT2D eigenvalue weighted by Gasteiger charge is -2.37. The highest BCUT2D eigenvalue weighted by Crippen LogP contribution is 2.10. The van der Waals surface area contributed by atoms with Crippen molar-refractivity contribution in [3.63, 3.8) is 0 Å². The predicted octanol–water partition coefficient (Wildman–Crippen LogP) is -0.0825. The number of rotatable bonds is 3. The minimum atomic E-state index is 0.147. The smallest absolute Gasteiger partial charge is 0.248 e. The maximum absolute atomic E-state index is 12.1. The van der Waals surface area contributed by atoms with E-state index in [0.29, 0.717) is 6.04 Å². The fourth-order valence-electron chi connectivity index (χ4n) is 2.52. The molecule has 0 aromatic heterocycles. The molecule has 18 heavy (non-hydrogen) atoms. The third-order valence-electron chi connectivity index (χ3n) is 4.04. The Balaban J connectivity index is 1.70. The molecule has 2 saturated heterocycles. The summed E-state index contributed by atoms with van der Waals surface area (Å²) in [7, 11) is 2.11. The first-order valence-corrected chi connectivity index (χ1v) is 6.97. The van der Waals surface area contributed by atoms with Crippen LogP contribution in [0.1, 0.15) is 19.8 Å². The summed E-state index contributed by atoms with van der Waals surface area (Å²) in [6, 6.07) is 0.446. The molecule has 1 atom stereocenters. The Kier molecular flexibility index (Phi) is 4.97. The fourth-order valence-corrected chi connectivity index (χ4v) is 2.52. The largest absolute Gasteiger partial charge is 0.368 e. The van der Waals surface area contributed by atoms with Crippen LogP contribution in [-0.4, -0.2) is 74.2 Å². The highest BCUT2D eigenvalue weighted by atomic mass is 16.5. The average molecular weight is 255 g/mol. The molecule has 104 valence electrons. The van der Waals surface area contributed by atoms with Gasteiger partial charge in [0.15, 0.2) is 0 Å². The van der Waals surface area contributed by atoms with Crippen LogP contribution < -0.4 is 5.32 Å². The predicted molar refractivity (Wildman–Crippen MR) is 70.5 cm³/mol. The molecule has 0 aliphatic carbocycles. The van der Waals surface area contributed by atoms with Crippen molar-refractivity contribution in [2.45, 2.75) is 31.9 Å². The second-order valence-electron chi connectivity index (χ2n) is 5.43. The number of carbonyl (C=O) groups excluding carboxylic acids is 1. The first-order valence-electron chi connectivity index (χ1n) is 6.97. The van der Waals surface area contributed by atoms with E-state index in [2.05, 4.69) is 24.2 Å². The van der Waals surface area contributed by atoms with Crippen molar-refractivity contribution in [2.24, 2.45) is 0 Å². The molecule has 0 saturated carbocycles. The van der Waals surface area contributed by atoms with Crippen LogP contribution in [0.3, 0.4) is 0 Å². The van der Waals surface area contributed by atoms with Crippen LogP contribution in [-0.2, 0) is 9.53 Å². The Hall–Kier alpha value is -0.650. The molecular formula is C13H25N3O2. The molecule has 2 fully saturated rings. The van der Waals surface area contributed by atoms with Gasteiger partial charge in [0, 0.05) is 25.7 Å². The number of piperazine rings is 1. The summed E-state index contributed by atoms with van der Waals surface area (Å²) in [5, 5.41) is 3.30. The first kappa shape index (κ1) is 13.8. The third kappa shape index (κ3) is 3.67. The van der Waals surface area contributed by atoms with E-state index < -0.39 is 0 Å². The lowest BCUT2D eigenvalue weighted by atomic mass is 10.1. The molecule has 2 heterocycles. The molecule has 0 spiro atoms. The zero-order valence-corrected chi connectivity index (χ0v) is 11.5. The van der Waals surface area contributed by atoms with E-state index in [-0.39, 0.29) is 18.6 Å². The van der Waals surface area contributed by atoms with Crippen molar-refractivity contribution in [1.29, 1.82) is 0 Å². The van der Waals surface area contributed by atoms with Gasteiger partial charge in [-0.25, -0.2) is 0 Å². The molecule has 0 aromatic rings. The maximum atomic E-state index is 12.1. The summed E-state index contributed by atoms with van der Waals surface area (Å²) in [6.45, 7) is 7.03. The van der Waals surface area contributed by atoms with E-state index in [1.807, 2.05) is 4.90 Å². The number of amides is 1. The van der Waals surface area contributed by atoms with Crippen molar-refractivity contribution in [1.82, 2.24) is 15.1 Å². The lowest BCUT2D eigenvalue weighted by molar-refractivity contribution is -0.141. The van der Waals surface area contributed by atoms with Gasteiger partial charge in [-0.15, -0.1) is 0 Å². The summed E-state index contributed by atoms with van der Waals surface area (Å²) in [4.78, 5) is 16.3. The molecule has 2 aliphatic heterocycles. The minimum Gasteiger partial charge on any atom is -0.368 e. The summed E-state index contributed by atoms with van der Waals surface area (Å²) in [6.07, 6.45) is 2.30. The summed E-state index contributed by atoms with van der Waals surface area (Å²) in [5.74, 6) is 0.147. The molecule has 2 rings (SSSR count). The standard InChI is InChI=1S/C13H25N3O2/c1-11-9-16(8-7-15(11)2)13(17)10-18-12-3-5-14-6-4-12/h11-12,14H,3-10H2,1-2H3. The van der Waals surface area contributed by atoms with Gasteiger partial charge in [-0.05, 0) is 39.9 Å². The van der Waals surface area contributed by atoms with Crippen molar-refractivity contribution < 1.29 is 9.53 Å². The van der Waals surface area contributed by atoms with Crippen molar-refractivity contribution in [2.75, 3.05) is 46.4 Å². The van der Waals surface area contributed by atoms with E-state index in [1.54, 1.807) is 0 Å². The molecule has 1 unspecified atom stereocenters. The van der Waals surface area contributed by atoms with Crippen molar-refractivity contribution in [3.05, 3.63) is 0 Å². The number of nitrogens with one attached hydrogen (secondary N) is 1. The molecule has 0 aromatic carbocycles. The van der Waals surface area contributed by atoms with Crippen LogP contribution >= 0.6 is 0 Å². The van der Waals surface area contributed by atoms with Gasteiger partial charge in [0.05, 0.1) is 6.10 Å². The van der Waals surface area contributed by atoms with E-state index in [9.17, 15) is 4.79 Å². The summed E-state index contributed by atoms with van der Waals surface area (Å²) >= 11 is 0. The molecule has 1 N–H and O–H groups in total. The molecule has 5 nitrogen and oxygen atoms in total. The Labute approximate surface area is 109 Å². The summed E-state index contributed by atoms with van der Waals surface area (Å²) < 4.78 is 5.72. The number of hydrogen-bond donors (Lipinski definition) is 1. The highest BCUT2D eigenvalue weighted by molar-refractivity contribution is 5.77. The topological polar surface area (TPSA) is 44.8 Å². The number of piperidine rings is 1. The Morgan fingerprint density at radius 3 is 2.72 bits per heavy atom. The van der Waals surface area contributed by atoms with Crippen LogP contribution in [0, 0.1) is 0 Å². The van der Waals surface area contributed by atoms with Gasteiger partial charge < -0.3 is 19.9 Å². The third-order valence-corrected chi connectivity index (χ3v) is 4.04. The minimum absolute atomic E-state index is 0.147. The van der Waals surface area contributed by atoms with Gasteiger partial charge in [-0.1, -0.05) is 0 Å². The van der Waals surface area contributed by atoms with Gasteiger partial charge in [-0.3, -0.25) is 4.79 Å². The Bertz CT molecular complexity index is 279. The SMILES string of the molecule is CC1CN(C(=O)COC2CCNCC2)CCN1C. The van der Waals surface area contributed by atoms with E-state index in [1.165, 1.54) is 0 Å². The second-order valence-corrected chi connectivity index (χ2v) is 5.43. The lowest BCUT2D eigenvalue weighted by Crippen LogP contribution is -2.53. The Morgan fingerprint density at radius 1 is 1.33 bits per heavy atom. The quantitative estimate of drug-likeness (QED) is 0.766. The molecule has 5 heteroatoms. The molecule has 2 aliphatic rings. The van der Waals surface area contributed by atoms with Gasteiger partial charge in [0.2, 0.25) is 5.91 Å². The van der Waals surface area contributed by atoms with E-state index in [4.69, 9.17) is 4.74 Å². The maximum Gasteiger partial charge on any atom is 0.248 e. The highest BCUT2D eigenvalue weighted by Gasteiger charge is 2.25. The van der Waals surface area contributed by atoms with Gasteiger partial charge in [0.1, 0.15) is 6.61 Å². The number of hydrogen-bond acceptors (Lipinski definition) is 4. The van der Waals surface area contributed by atoms with E-state index in [0.717, 1.165) is 45.6 Å². The molecular weight excluding hydrogens is 230 g/mol. The van der Waals surface area contributed by atoms with Gasteiger partial charge >= 0.3 is 0 Å². The first-order chi connectivity index (χ1) is 8.66. The second kappa shape index (κ2) is 6.50. The fraction of sp³-hybridized carbons (Fsp3) is 0.923. The van der Waals surface area contributed by atoms with Crippen LogP contribution in [0.2, 0.25) is 0 Å². The van der Waals surface area contributed by atoms with Crippen LogP contribution in [0.5, 0.6) is 0 Å². The number of nitrogens with zero attached hydrogens (tertiary/aromatic N) is 2. The zero-order chi connectivity index (χ0) is 13.0. The van der Waals surface area contributed by atoms with Gasteiger partial charge in [0.25, 0.3) is 0 Å². The average Bonchev–Trinajstić information content (AvgIpc) is 2.40. The van der Waals surface area contributed by atoms with Crippen LogP contribution in [0.15, 0.2) is 0 Å². The monoisotopic (exact) mass is 255 g/mol. The zero-order valence-electron chi connectivity index (χ0n) is 11.5. The number of likely N-dealkylation sites (N-methyl/N-ethyl adjacent to an activating group) is 1. The normalized spacial score (nSPS) is 27.4. The van der Waals surface area contributed by atoms with Gasteiger partial charge in [-0.2, -0.15) is 0 Å². The number of ether oxygens (including phenoxy) is 1. The number of carbonyl (C=O) groups is 1. The molecule has 1 amide bonds. The van der Waals surface area contributed by atoms with E-state index >= 15 is 0 Å². The van der Waals surface area contributed by atoms with Crippen molar-refractivity contribution in [3.8, 4) is 0 Å². The summed E-state index contributed by atoms with van der Waals surface area (Å²) in [5.41, 5.74) is 0. The van der Waals surface area contributed by atoms with Crippen LogP contribution in [0.4, 0.5) is 0 Å². The van der Waals surface area contributed by atoms with Crippen molar-refractivity contribution >= 4 is 5.91 Å². The Morgan fingerprint density at radius 2 is 2.06 bits per heavy atom. The van der Waals surface area contributed by atoms with Crippen LogP contribution in [0.25, 0.3) is 0 Å².